The summed E-state index contributed by atoms with van der Waals surface area (Å²) in [5, 5.41) is 6.72. The summed E-state index contributed by atoms with van der Waals surface area (Å²) in [5.74, 6) is 1.21. The Morgan fingerprint density at radius 2 is 1.85 bits per heavy atom. The minimum Gasteiger partial charge on any atom is -0.381 e. The number of amides is 1. The van der Waals surface area contributed by atoms with Crippen molar-refractivity contribution < 1.29 is 9.53 Å². The van der Waals surface area contributed by atoms with Gasteiger partial charge in [0.1, 0.15) is 6.54 Å². The van der Waals surface area contributed by atoms with Gasteiger partial charge in [-0.25, -0.2) is 4.99 Å². The third-order valence-electron chi connectivity index (χ3n) is 4.44. The van der Waals surface area contributed by atoms with Crippen LogP contribution in [0.2, 0.25) is 0 Å². The minimum absolute atomic E-state index is 0. The van der Waals surface area contributed by atoms with Crippen molar-refractivity contribution in [1.82, 2.24) is 20.4 Å². The summed E-state index contributed by atoms with van der Waals surface area (Å²) in [7, 11) is 3.49. The minimum atomic E-state index is -0.00344. The third-order valence-corrected chi connectivity index (χ3v) is 4.44. The molecule has 1 unspecified atom stereocenters. The van der Waals surface area contributed by atoms with Gasteiger partial charge in [0.2, 0.25) is 5.91 Å². The number of hydrogen-bond acceptors (Lipinski definition) is 4. The van der Waals surface area contributed by atoms with Gasteiger partial charge in [0, 0.05) is 58.3 Å². The molecule has 1 fully saturated rings. The largest absolute Gasteiger partial charge is 0.381 e. The van der Waals surface area contributed by atoms with Crippen LogP contribution in [0.3, 0.4) is 0 Å². The van der Waals surface area contributed by atoms with Gasteiger partial charge < -0.3 is 20.3 Å². The van der Waals surface area contributed by atoms with Crippen LogP contribution in [-0.2, 0) is 9.53 Å². The first-order chi connectivity index (χ1) is 11.8. The van der Waals surface area contributed by atoms with Crippen LogP contribution in [0, 0.1) is 5.92 Å². The number of carbonyl (C=O) groups excluding carboxylic acids is 1. The monoisotopic (exact) mass is 483 g/mol. The molecule has 0 aromatic carbocycles. The fourth-order valence-corrected chi connectivity index (χ4v) is 2.86. The standard InChI is InChI=1S/C18H37N5O2.HI/c1-14(2)23(15(3)4)9-8-19-18(21-12-17(24)22(5)6)20-11-16-7-10-25-13-16;/h14-16H,7-13H2,1-6H3,(H2,19,20,21);1H. The van der Waals surface area contributed by atoms with Crippen LogP contribution >= 0.6 is 24.0 Å². The van der Waals surface area contributed by atoms with Gasteiger partial charge in [-0.1, -0.05) is 0 Å². The number of hydrogen-bond donors (Lipinski definition) is 2. The Balaban J connectivity index is 0.00000625. The molecule has 1 rings (SSSR count). The average Bonchev–Trinajstić information content (AvgIpc) is 3.05. The lowest BCUT2D eigenvalue weighted by atomic mass is 10.1. The van der Waals surface area contributed by atoms with Gasteiger partial charge in [0.15, 0.2) is 5.96 Å². The number of aliphatic imine (C=N–C) groups is 1. The molecule has 0 bridgehead atoms. The van der Waals surface area contributed by atoms with Crippen molar-refractivity contribution >= 4 is 35.8 Å². The topological polar surface area (TPSA) is 69.2 Å². The van der Waals surface area contributed by atoms with E-state index >= 15 is 0 Å². The molecule has 0 saturated carbocycles. The van der Waals surface area contributed by atoms with Crippen LogP contribution in [0.5, 0.6) is 0 Å². The highest BCUT2D eigenvalue weighted by Crippen LogP contribution is 2.10. The Bertz CT molecular complexity index is 416. The molecular weight excluding hydrogens is 445 g/mol. The molecule has 2 N–H and O–H groups in total. The van der Waals surface area contributed by atoms with E-state index in [1.807, 2.05) is 0 Å². The number of rotatable bonds is 9. The Hall–Kier alpha value is -0.610. The van der Waals surface area contributed by atoms with Crippen LogP contribution in [0.1, 0.15) is 34.1 Å². The van der Waals surface area contributed by atoms with Gasteiger partial charge in [-0.05, 0) is 34.1 Å². The van der Waals surface area contributed by atoms with Crippen LogP contribution in [-0.4, -0.2) is 87.2 Å². The number of nitrogens with one attached hydrogen (secondary N) is 2. The van der Waals surface area contributed by atoms with Crippen molar-refractivity contribution in [1.29, 1.82) is 0 Å². The van der Waals surface area contributed by atoms with E-state index in [2.05, 4.69) is 48.2 Å². The van der Waals surface area contributed by atoms with Crippen molar-refractivity contribution in [3.8, 4) is 0 Å². The van der Waals surface area contributed by atoms with Crippen molar-refractivity contribution in [3.05, 3.63) is 0 Å². The van der Waals surface area contributed by atoms with E-state index in [1.165, 1.54) is 0 Å². The molecule has 1 aliphatic heterocycles. The average molecular weight is 483 g/mol. The van der Waals surface area contributed by atoms with Crippen LogP contribution in [0.15, 0.2) is 4.99 Å². The maximum absolute atomic E-state index is 11.8. The van der Waals surface area contributed by atoms with Crippen molar-refractivity contribution in [2.75, 3.05) is 53.5 Å². The normalized spacial score (nSPS) is 17.6. The van der Waals surface area contributed by atoms with Crippen molar-refractivity contribution in [2.24, 2.45) is 10.9 Å². The van der Waals surface area contributed by atoms with E-state index in [4.69, 9.17) is 4.74 Å². The lowest BCUT2D eigenvalue weighted by molar-refractivity contribution is -0.127. The van der Waals surface area contributed by atoms with Gasteiger partial charge in [0.05, 0.1) is 6.61 Å². The van der Waals surface area contributed by atoms with Gasteiger partial charge >= 0.3 is 0 Å². The van der Waals surface area contributed by atoms with E-state index in [0.29, 0.717) is 24.0 Å². The quantitative estimate of drug-likeness (QED) is 0.295. The maximum Gasteiger partial charge on any atom is 0.243 e. The highest BCUT2D eigenvalue weighted by atomic mass is 127. The lowest BCUT2D eigenvalue weighted by Gasteiger charge is -2.30. The van der Waals surface area contributed by atoms with Crippen LogP contribution in [0.4, 0.5) is 0 Å². The Labute approximate surface area is 176 Å². The zero-order chi connectivity index (χ0) is 18.8. The predicted octanol–water partition coefficient (Wildman–Crippen LogP) is 1.38. The van der Waals surface area contributed by atoms with Crippen molar-refractivity contribution in [3.63, 3.8) is 0 Å². The maximum atomic E-state index is 11.8. The summed E-state index contributed by atoms with van der Waals surface area (Å²) in [6.07, 6.45) is 1.07. The van der Waals surface area contributed by atoms with Gasteiger partial charge in [0.25, 0.3) is 0 Å². The van der Waals surface area contributed by atoms with Crippen LogP contribution < -0.4 is 10.6 Å². The Kier molecular flexibility index (Phi) is 13.2. The van der Waals surface area contributed by atoms with E-state index in [1.54, 1.807) is 19.0 Å². The first-order valence-electron chi connectivity index (χ1n) is 9.37. The number of nitrogens with zero attached hydrogens (tertiary/aromatic N) is 3. The second-order valence-corrected chi connectivity index (χ2v) is 7.42. The molecule has 154 valence electrons. The lowest BCUT2D eigenvalue weighted by Crippen LogP contribution is -2.46. The fraction of sp³-hybridized carbons (Fsp3) is 0.889. The predicted molar refractivity (Wildman–Crippen MR) is 118 cm³/mol. The van der Waals surface area contributed by atoms with Gasteiger partial charge in [-0.15, -0.1) is 24.0 Å². The Morgan fingerprint density at radius 1 is 1.19 bits per heavy atom. The van der Waals surface area contributed by atoms with E-state index in [9.17, 15) is 4.79 Å². The second kappa shape index (κ2) is 13.5. The summed E-state index contributed by atoms with van der Waals surface area (Å²) < 4.78 is 5.42. The molecule has 0 spiro atoms. The molecular formula is C18H38IN5O2. The summed E-state index contributed by atoms with van der Waals surface area (Å²) in [4.78, 5) is 20.2. The summed E-state index contributed by atoms with van der Waals surface area (Å²) in [5.41, 5.74) is 0. The van der Waals surface area contributed by atoms with Crippen molar-refractivity contribution in [2.45, 2.75) is 46.2 Å². The number of halogens is 1. The highest BCUT2D eigenvalue weighted by Gasteiger charge is 2.17. The summed E-state index contributed by atoms with van der Waals surface area (Å²) in [6, 6.07) is 1.00. The molecule has 0 aliphatic carbocycles. The molecule has 1 saturated heterocycles. The molecule has 1 amide bonds. The zero-order valence-electron chi connectivity index (χ0n) is 17.2. The molecule has 26 heavy (non-hydrogen) atoms. The first-order valence-corrected chi connectivity index (χ1v) is 9.37. The molecule has 1 atom stereocenters. The number of guanidine groups is 1. The highest BCUT2D eigenvalue weighted by molar-refractivity contribution is 14.0. The van der Waals surface area contributed by atoms with E-state index in [0.717, 1.165) is 39.3 Å². The zero-order valence-corrected chi connectivity index (χ0v) is 19.6. The fourth-order valence-electron chi connectivity index (χ4n) is 2.86. The number of ether oxygens (including phenoxy) is 1. The number of likely N-dealkylation sites (N-methyl/N-ethyl adjacent to an activating group) is 1. The van der Waals surface area contributed by atoms with E-state index in [-0.39, 0.29) is 36.4 Å². The molecule has 0 aromatic rings. The van der Waals surface area contributed by atoms with Crippen LogP contribution in [0.25, 0.3) is 0 Å². The number of carbonyl (C=O) groups is 1. The smallest absolute Gasteiger partial charge is 0.243 e. The summed E-state index contributed by atoms with van der Waals surface area (Å²) in [6.45, 7) is 13.2. The molecule has 0 radical (unpaired) electrons. The van der Waals surface area contributed by atoms with Gasteiger partial charge in [-0.3, -0.25) is 9.69 Å². The molecule has 1 heterocycles. The Morgan fingerprint density at radius 3 is 2.35 bits per heavy atom. The van der Waals surface area contributed by atoms with Gasteiger partial charge in [-0.2, -0.15) is 0 Å². The molecule has 0 aromatic heterocycles. The molecule has 1 aliphatic rings. The SMILES string of the molecule is CC(C)N(CCNC(=NCC(=O)N(C)C)NCC1CCOC1)C(C)C.I. The first kappa shape index (κ1) is 25.4. The molecule has 8 heteroatoms. The molecule has 7 nitrogen and oxygen atoms in total. The summed E-state index contributed by atoms with van der Waals surface area (Å²) >= 11 is 0. The second-order valence-electron chi connectivity index (χ2n) is 7.42. The third kappa shape index (κ3) is 9.91. The van der Waals surface area contributed by atoms with E-state index < -0.39 is 0 Å².